The molecule has 2 nitrogen and oxygen atoms in total. The van der Waals surface area contributed by atoms with Crippen LogP contribution in [0.1, 0.15) is 56.6 Å². The van der Waals surface area contributed by atoms with Crippen LogP contribution in [0.2, 0.25) is 0 Å². The van der Waals surface area contributed by atoms with Crippen LogP contribution in [0.3, 0.4) is 0 Å². The average molecular weight is 325 g/mol. The summed E-state index contributed by atoms with van der Waals surface area (Å²) in [4.78, 5) is 0. The fraction of sp³-hybridized carbons (Fsp3) is 0.625. The Morgan fingerprint density at radius 1 is 1.11 bits per heavy atom. The summed E-state index contributed by atoms with van der Waals surface area (Å²) in [5, 5.41) is 10.4. The van der Waals surface area contributed by atoms with E-state index in [1.165, 1.54) is 38.5 Å². The number of hydrogen-bond donors (Lipinski definition) is 1. The number of halogens is 1. The summed E-state index contributed by atoms with van der Waals surface area (Å²) in [6.45, 7) is 0. The van der Waals surface area contributed by atoms with Crippen molar-refractivity contribution in [1.82, 2.24) is 0 Å². The van der Waals surface area contributed by atoms with E-state index in [9.17, 15) is 5.11 Å². The number of aliphatic hydroxyl groups is 1. The zero-order valence-corrected chi connectivity index (χ0v) is 12.7. The van der Waals surface area contributed by atoms with E-state index in [0.29, 0.717) is 5.92 Å². The summed E-state index contributed by atoms with van der Waals surface area (Å²) in [5.41, 5.74) is 0.930. The molecule has 0 amide bonds. The summed E-state index contributed by atoms with van der Waals surface area (Å²) in [7, 11) is 0. The number of benzene rings is 1. The molecule has 1 N–H and O–H groups in total. The lowest BCUT2D eigenvalue weighted by Gasteiger charge is -2.34. The number of ether oxygens (including phenoxy) is 1. The first-order valence-electron chi connectivity index (χ1n) is 7.38. The molecule has 1 aromatic carbocycles. The SMILES string of the molecule is OC1CC(C2CCCCCC2)Oc2ccc(Br)cc21. The van der Waals surface area contributed by atoms with Crippen LogP contribution in [0.5, 0.6) is 5.75 Å². The molecular formula is C16H21BrO2. The molecule has 1 aliphatic heterocycles. The van der Waals surface area contributed by atoms with E-state index in [4.69, 9.17) is 4.74 Å². The maximum atomic E-state index is 10.4. The molecule has 0 spiro atoms. The maximum Gasteiger partial charge on any atom is 0.125 e. The van der Waals surface area contributed by atoms with Crippen LogP contribution in [0, 0.1) is 5.92 Å². The molecule has 2 unspecified atom stereocenters. The Bertz CT molecular complexity index is 438. The number of aliphatic hydroxyl groups excluding tert-OH is 1. The molecule has 1 fully saturated rings. The summed E-state index contributed by atoms with van der Waals surface area (Å²) in [6, 6.07) is 5.94. The second kappa shape index (κ2) is 5.84. The highest BCUT2D eigenvalue weighted by Crippen LogP contribution is 2.40. The fourth-order valence-electron chi connectivity index (χ4n) is 3.42. The molecule has 0 saturated heterocycles. The van der Waals surface area contributed by atoms with E-state index >= 15 is 0 Å². The largest absolute Gasteiger partial charge is 0.490 e. The maximum absolute atomic E-state index is 10.4. The molecule has 19 heavy (non-hydrogen) atoms. The normalized spacial score (nSPS) is 28.3. The van der Waals surface area contributed by atoms with Crippen molar-refractivity contribution in [3.8, 4) is 5.75 Å². The molecule has 1 heterocycles. The van der Waals surface area contributed by atoms with Crippen LogP contribution >= 0.6 is 15.9 Å². The molecule has 3 rings (SSSR count). The highest BCUT2D eigenvalue weighted by molar-refractivity contribution is 9.10. The van der Waals surface area contributed by atoms with Crippen molar-refractivity contribution in [3.63, 3.8) is 0 Å². The van der Waals surface area contributed by atoms with Crippen LogP contribution in [0.4, 0.5) is 0 Å². The zero-order chi connectivity index (χ0) is 13.2. The molecule has 104 valence electrons. The van der Waals surface area contributed by atoms with Gasteiger partial charge in [-0.25, -0.2) is 0 Å². The van der Waals surface area contributed by atoms with Gasteiger partial charge in [-0.1, -0.05) is 41.6 Å². The Balaban J connectivity index is 1.78. The summed E-state index contributed by atoms with van der Waals surface area (Å²) in [5.74, 6) is 1.49. The van der Waals surface area contributed by atoms with E-state index in [-0.39, 0.29) is 12.2 Å². The number of rotatable bonds is 1. The Hall–Kier alpha value is -0.540. The first-order valence-corrected chi connectivity index (χ1v) is 8.17. The Labute approximate surface area is 123 Å². The van der Waals surface area contributed by atoms with Gasteiger partial charge in [-0.05, 0) is 37.0 Å². The minimum absolute atomic E-state index is 0.196. The lowest BCUT2D eigenvalue weighted by atomic mass is 9.87. The van der Waals surface area contributed by atoms with Crippen molar-refractivity contribution in [2.24, 2.45) is 5.92 Å². The highest BCUT2D eigenvalue weighted by atomic mass is 79.9. The van der Waals surface area contributed by atoms with Crippen molar-refractivity contribution >= 4 is 15.9 Å². The zero-order valence-electron chi connectivity index (χ0n) is 11.1. The van der Waals surface area contributed by atoms with Gasteiger partial charge in [-0.15, -0.1) is 0 Å². The van der Waals surface area contributed by atoms with Gasteiger partial charge in [0.2, 0.25) is 0 Å². The van der Waals surface area contributed by atoms with Gasteiger partial charge in [0.15, 0.2) is 0 Å². The lowest BCUT2D eigenvalue weighted by Crippen LogP contribution is -2.32. The number of fused-ring (bicyclic) bond motifs is 1. The Kier molecular flexibility index (Phi) is 4.13. The van der Waals surface area contributed by atoms with Crippen LogP contribution < -0.4 is 4.74 Å². The predicted molar refractivity (Wildman–Crippen MR) is 79.3 cm³/mol. The average Bonchev–Trinajstić information content (AvgIpc) is 2.68. The molecule has 1 aromatic rings. The van der Waals surface area contributed by atoms with Gasteiger partial charge in [0.1, 0.15) is 11.9 Å². The van der Waals surface area contributed by atoms with Gasteiger partial charge < -0.3 is 9.84 Å². The molecular weight excluding hydrogens is 304 g/mol. The topological polar surface area (TPSA) is 29.5 Å². The van der Waals surface area contributed by atoms with Gasteiger partial charge in [0.05, 0.1) is 6.10 Å². The third kappa shape index (κ3) is 2.97. The molecule has 1 aliphatic carbocycles. The third-order valence-electron chi connectivity index (χ3n) is 4.49. The third-order valence-corrected chi connectivity index (χ3v) is 4.98. The standard InChI is InChI=1S/C16H21BrO2/c17-12-7-8-15-13(9-12)14(18)10-16(19-15)11-5-3-1-2-4-6-11/h7-9,11,14,16,18H,1-6,10H2. The van der Waals surface area contributed by atoms with Gasteiger partial charge in [0.25, 0.3) is 0 Å². The molecule has 1 saturated carbocycles. The molecule has 3 heteroatoms. The summed E-state index contributed by atoms with van der Waals surface area (Å²) >= 11 is 3.45. The van der Waals surface area contributed by atoms with E-state index in [1.807, 2.05) is 18.2 Å². The minimum Gasteiger partial charge on any atom is -0.490 e. The fourth-order valence-corrected chi connectivity index (χ4v) is 3.80. The Morgan fingerprint density at radius 2 is 1.84 bits per heavy atom. The molecule has 2 aliphatic rings. The number of hydrogen-bond acceptors (Lipinski definition) is 2. The smallest absolute Gasteiger partial charge is 0.125 e. The Morgan fingerprint density at radius 3 is 2.58 bits per heavy atom. The van der Waals surface area contributed by atoms with E-state index in [2.05, 4.69) is 15.9 Å². The van der Waals surface area contributed by atoms with Crippen molar-refractivity contribution in [3.05, 3.63) is 28.2 Å². The van der Waals surface area contributed by atoms with E-state index in [0.717, 1.165) is 22.2 Å². The van der Waals surface area contributed by atoms with Gasteiger partial charge in [0, 0.05) is 16.5 Å². The van der Waals surface area contributed by atoms with Crippen LogP contribution in [0.25, 0.3) is 0 Å². The quantitative estimate of drug-likeness (QED) is 0.765. The highest BCUT2D eigenvalue weighted by Gasteiger charge is 2.32. The van der Waals surface area contributed by atoms with Gasteiger partial charge >= 0.3 is 0 Å². The van der Waals surface area contributed by atoms with E-state index in [1.54, 1.807) is 0 Å². The lowest BCUT2D eigenvalue weighted by molar-refractivity contribution is 0.0296. The van der Waals surface area contributed by atoms with Crippen molar-refractivity contribution < 1.29 is 9.84 Å². The van der Waals surface area contributed by atoms with Crippen molar-refractivity contribution in [1.29, 1.82) is 0 Å². The van der Waals surface area contributed by atoms with E-state index < -0.39 is 0 Å². The monoisotopic (exact) mass is 324 g/mol. The first-order chi connectivity index (χ1) is 9.24. The second-order valence-electron chi connectivity index (χ2n) is 5.84. The second-order valence-corrected chi connectivity index (χ2v) is 6.76. The predicted octanol–water partition coefficient (Wildman–Crippen LogP) is 4.60. The summed E-state index contributed by atoms with van der Waals surface area (Å²) < 4.78 is 7.17. The van der Waals surface area contributed by atoms with Crippen LogP contribution in [0.15, 0.2) is 22.7 Å². The van der Waals surface area contributed by atoms with Gasteiger partial charge in [-0.3, -0.25) is 0 Å². The molecule has 0 radical (unpaired) electrons. The van der Waals surface area contributed by atoms with Crippen molar-refractivity contribution in [2.45, 2.75) is 57.2 Å². The van der Waals surface area contributed by atoms with Crippen molar-refractivity contribution in [2.75, 3.05) is 0 Å². The van der Waals surface area contributed by atoms with Crippen LogP contribution in [-0.4, -0.2) is 11.2 Å². The first kappa shape index (κ1) is 13.4. The molecule has 0 aromatic heterocycles. The summed E-state index contributed by atoms with van der Waals surface area (Å²) in [6.07, 6.45) is 8.41. The minimum atomic E-state index is -0.380. The molecule has 0 bridgehead atoms. The molecule has 2 atom stereocenters. The van der Waals surface area contributed by atoms with Crippen LogP contribution in [-0.2, 0) is 0 Å². The van der Waals surface area contributed by atoms with Gasteiger partial charge in [-0.2, -0.15) is 0 Å².